The molecule has 0 aliphatic heterocycles. The van der Waals surface area contributed by atoms with Gasteiger partial charge >= 0.3 is 0 Å². The summed E-state index contributed by atoms with van der Waals surface area (Å²) >= 11 is 0. The van der Waals surface area contributed by atoms with Crippen molar-refractivity contribution in [2.24, 2.45) is 0 Å². The number of hydrogen-bond donors (Lipinski definition) is 3. The van der Waals surface area contributed by atoms with Gasteiger partial charge in [-0.15, -0.1) is 0 Å². The van der Waals surface area contributed by atoms with E-state index in [1.165, 1.54) is 11.8 Å². The largest absolute Gasteiger partial charge is 0.351 e. The molecule has 1 atom stereocenters. The molecule has 0 aliphatic rings. The number of rotatable bonds is 6. The van der Waals surface area contributed by atoms with Crippen molar-refractivity contribution < 1.29 is 14.5 Å². The van der Waals surface area contributed by atoms with Crippen LogP contribution in [0.25, 0.3) is 0 Å². The Morgan fingerprint density at radius 3 is 1.50 bits per heavy atom. The van der Waals surface area contributed by atoms with Crippen LogP contribution in [0.1, 0.15) is 13.8 Å². The maximum atomic E-state index is 11.5. The molecular formula is C25H20N3O2+. The molecule has 0 fully saturated rings. The molecular weight excluding hydrogens is 374 g/mol. The molecule has 146 valence electrons. The summed E-state index contributed by atoms with van der Waals surface area (Å²) in [6.07, 6.45) is 0. The highest BCUT2D eigenvalue weighted by molar-refractivity contribution is 5.94. The van der Waals surface area contributed by atoms with Crippen molar-refractivity contribution in [2.45, 2.75) is 13.8 Å². The molecule has 3 N–H and O–H groups in total. The van der Waals surface area contributed by atoms with Crippen LogP contribution in [0.5, 0.6) is 0 Å². The zero-order valence-electron chi connectivity index (χ0n) is 17.1. The van der Waals surface area contributed by atoms with E-state index in [0.717, 1.165) is 13.1 Å². The number of carbonyl (C=O) groups is 2. The van der Waals surface area contributed by atoms with Crippen molar-refractivity contribution in [1.82, 2.24) is 10.6 Å². The molecule has 0 saturated heterocycles. The molecule has 0 aliphatic carbocycles. The summed E-state index contributed by atoms with van der Waals surface area (Å²) in [6.45, 7) is 5.74. The molecule has 5 nitrogen and oxygen atoms in total. The molecule has 0 aromatic carbocycles. The fraction of sp³-hybridized carbons (Fsp3) is 0.280. The number of carbonyl (C=O) groups excluding carboxylic acids is 2. The average Bonchev–Trinajstić information content (AvgIpc) is 2.70. The lowest BCUT2D eigenvalue weighted by atomic mass is 10.4. The van der Waals surface area contributed by atoms with Crippen molar-refractivity contribution >= 4 is 11.8 Å². The lowest BCUT2D eigenvalue weighted by molar-refractivity contribution is -0.876. The molecule has 1 unspecified atom stereocenters. The van der Waals surface area contributed by atoms with E-state index < -0.39 is 5.91 Å². The molecule has 0 aromatic rings. The number of quaternary nitrogens is 1. The first-order valence-electron chi connectivity index (χ1n) is 8.82. The summed E-state index contributed by atoms with van der Waals surface area (Å²) in [5, 5.41) is 5.40. The zero-order valence-corrected chi connectivity index (χ0v) is 17.1. The van der Waals surface area contributed by atoms with Gasteiger partial charge in [0.15, 0.2) is 0 Å². The minimum atomic E-state index is -0.408. The van der Waals surface area contributed by atoms with Gasteiger partial charge in [0, 0.05) is 12.8 Å². The highest BCUT2D eigenvalue weighted by Crippen LogP contribution is 1.63. The van der Waals surface area contributed by atoms with Crippen LogP contribution in [0, 0.1) is 94.7 Å². The summed E-state index contributed by atoms with van der Waals surface area (Å²) in [6, 6.07) is 0. The smallest absolute Gasteiger partial charge is 0.297 e. The van der Waals surface area contributed by atoms with E-state index in [-0.39, 0.29) is 5.91 Å². The van der Waals surface area contributed by atoms with Gasteiger partial charge in [0.1, 0.15) is 0 Å². The van der Waals surface area contributed by atoms with Crippen molar-refractivity contribution in [1.29, 1.82) is 0 Å². The topological polar surface area (TPSA) is 62.6 Å². The van der Waals surface area contributed by atoms with Crippen molar-refractivity contribution in [3.8, 4) is 94.7 Å². The third-order valence-corrected chi connectivity index (χ3v) is 2.88. The van der Waals surface area contributed by atoms with Gasteiger partial charge in [0.2, 0.25) is 5.91 Å². The number of nitrogens with one attached hydrogen (secondary N) is 3. The summed E-state index contributed by atoms with van der Waals surface area (Å²) in [4.78, 5) is 23.5. The third-order valence-electron chi connectivity index (χ3n) is 2.88. The predicted molar refractivity (Wildman–Crippen MR) is 116 cm³/mol. The van der Waals surface area contributed by atoms with Crippen LogP contribution in [0.3, 0.4) is 0 Å². The summed E-state index contributed by atoms with van der Waals surface area (Å²) < 4.78 is 0. The third kappa shape index (κ3) is 19.7. The summed E-state index contributed by atoms with van der Waals surface area (Å²) in [5.74, 6) is 39.4. The monoisotopic (exact) mass is 394 g/mol. The second kappa shape index (κ2) is 19.2. The van der Waals surface area contributed by atoms with Crippen molar-refractivity contribution in [3.63, 3.8) is 0 Å². The first kappa shape index (κ1) is 25.4. The van der Waals surface area contributed by atoms with E-state index in [4.69, 9.17) is 0 Å². The van der Waals surface area contributed by atoms with Crippen LogP contribution in [-0.2, 0) is 9.59 Å². The van der Waals surface area contributed by atoms with Crippen LogP contribution in [0.2, 0.25) is 0 Å². The second-order valence-corrected chi connectivity index (χ2v) is 5.32. The fourth-order valence-corrected chi connectivity index (χ4v) is 1.54. The highest BCUT2D eigenvalue weighted by atomic mass is 16.2. The molecule has 0 radical (unpaired) electrons. The van der Waals surface area contributed by atoms with E-state index in [1.54, 1.807) is 6.92 Å². The quantitative estimate of drug-likeness (QED) is 0.448. The van der Waals surface area contributed by atoms with Gasteiger partial charge in [-0.3, -0.25) is 9.59 Å². The summed E-state index contributed by atoms with van der Waals surface area (Å²) in [7, 11) is 1.98. The minimum Gasteiger partial charge on any atom is -0.351 e. The first-order chi connectivity index (χ1) is 14.6. The van der Waals surface area contributed by atoms with Crippen LogP contribution in [0.15, 0.2) is 0 Å². The Labute approximate surface area is 179 Å². The Balaban J connectivity index is 4.18. The van der Waals surface area contributed by atoms with Crippen LogP contribution < -0.4 is 15.5 Å². The van der Waals surface area contributed by atoms with Gasteiger partial charge in [-0.25, -0.2) is 0 Å². The van der Waals surface area contributed by atoms with E-state index in [0.29, 0.717) is 13.1 Å². The number of hydrogen-bond acceptors (Lipinski definition) is 2. The average molecular weight is 394 g/mol. The fourth-order valence-electron chi connectivity index (χ4n) is 1.54. The molecule has 30 heavy (non-hydrogen) atoms. The SMILES string of the molecule is CC#CC#CC#CC#CC#CC#CC#CC#CC(=O)NCC[NH+](C)CCNC(C)=O. The minimum absolute atomic E-state index is 0.0524. The highest BCUT2D eigenvalue weighted by Gasteiger charge is 2.02. The van der Waals surface area contributed by atoms with Crippen LogP contribution >= 0.6 is 0 Å². The molecule has 0 aromatic heterocycles. The number of amides is 2. The van der Waals surface area contributed by atoms with Crippen LogP contribution in [-0.4, -0.2) is 45.0 Å². The molecule has 0 rings (SSSR count). The Hall–Kier alpha value is -4.62. The van der Waals surface area contributed by atoms with Gasteiger partial charge < -0.3 is 15.5 Å². The van der Waals surface area contributed by atoms with Gasteiger partial charge in [-0.2, -0.15) is 0 Å². The van der Waals surface area contributed by atoms with E-state index in [2.05, 4.69) is 105 Å². The zero-order chi connectivity index (χ0) is 22.3. The summed E-state index contributed by atoms with van der Waals surface area (Å²) in [5.41, 5.74) is 0. The van der Waals surface area contributed by atoms with Gasteiger partial charge in [-0.05, 0) is 89.8 Å². The van der Waals surface area contributed by atoms with Gasteiger partial charge in [-0.1, -0.05) is 5.92 Å². The first-order valence-corrected chi connectivity index (χ1v) is 8.82. The molecule has 0 bridgehead atoms. The lowest BCUT2D eigenvalue weighted by Gasteiger charge is -2.13. The maximum absolute atomic E-state index is 11.5. The van der Waals surface area contributed by atoms with Gasteiger partial charge in [0.25, 0.3) is 5.91 Å². The molecule has 0 saturated carbocycles. The molecule has 0 spiro atoms. The Bertz CT molecular complexity index is 1120. The Morgan fingerprint density at radius 1 is 0.667 bits per heavy atom. The van der Waals surface area contributed by atoms with Crippen LogP contribution in [0.4, 0.5) is 0 Å². The molecule has 2 amide bonds. The number of likely N-dealkylation sites (N-methyl/N-ethyl adjacent to an activating group) is 1. The Kier molecular flexibility index (Phi) is 16.2. The molecule has 5 heteroatoms. The van der Waals surface area contributed by atoms with E-state index in [1.807, 2.05) is 7.05 Å². The van der Waals surface area contributed by atoms with Crippen molar-refractivity contribution in [3.05, 3.63) is 0 Å². The standard InChI is InChI=1S/C25H19N3O2/c1-4-5-6-7-8-9-10-11-12-13-14-15-16-17-18-19-25(30)27-21-23-28(3)22-20-26-24(2)29/h20-23H2,1-3H3,(H,26,29)(H,27,30)/p+1. The van der Waals surface area contributed by atoms with E-state index in [9.17, 15) is 9.59 Å². The van der Waals surface area contributed by atoms with Crippen molar-refractivity contribution in [2.75, 3.05) is 33.2 Å². The Morgan fingerprint density at radius 2 is 1.07 bits per heavy atom. The van der Waals surface area contributed by atoms with E-state index >= 15 is 0 Å². The normalized spacial score (nSPS) is 7.70. The predicted octanol–water partition coefficient (Wildman–Crippen LogP) is -2.20. The maximum Gasteiger partial charge on any atom is 0.297 e. The second-order valence-electron chi connectivity index (χ2n) is 5.32. The van der Waals surface area contributed by atoms with Gasteiger partial charge in [0.05, 0.1) is 33.2 Å². The lowest BCUT2D eigenvalue weighted by Crippen LogP contribution is -3.10. The molecule has 0 heterocycles.